The fourth-order valence-electron chi connectivity index (χ4n) is 2.70. The summed E-state index contributed by atoms with van der Waals surface area (Å²) in [7, 11) is 0. The molecule has 3 rings (SSSR count). The lowest BCUT2D eigenvalue weighted by molar-refractivity contribution is 0.0944. The molecule has 0 aliphatic carbocycles. The molecule has 2 heterocycles. The number of anilines is 1. The van der Waals surface area contributed by atoms with E-state index in [1.807, 2.05) is 0 Å². The van der Waals surface area contributed by atoms with E-state index in [0.29, 0.717) is 0 Å². The number of nitrogens with zero attached hydrogens (tertiary/aromatic N) is 3. The third-order valence-electron chi connectivity index (χ3n) is 4.05. The van der Waals surface area contributed by atoms with Crippen molar-refractivity contribution < 1.29 is 13.6 Å². The maximum atomic E-state index is 13.5. The van der Waals surface area contributed by atoms with Crippen LogP contribution in [0.5, 0.6) is 0 Å². The molecule has 0 bridgehead atoms. The summed E-state index contributed by atoms with van der Waals surface area (Å²) in [5, 5.41) is 10.5. The maximum absolute atomic E-state index is 13.5. The van der Waals surface area contributed by atoms with Gasteiger partial charge in [-0.1, -0.05) is 6.07 Å². The van der Waals surface area contributed by atoms with E-state index in [0.717, 1.165) is 43.9 Å². The minimum atomic E-state index is -0.693. The van der Waals surface area contributed by atoms with Crippen molar-refractivity contribution in [2.45, 2.75) is 25.8 Å². The molecule has 1 saturated heterocycles. The van der Waals surface area contributed by atoms with E-state index < -0.39 is 17.5 Å². The van der Waals surface area contributed by atoms with Gasteiger partial charge in [0.1, 0.15) is 11.6 Å². The Morgan fingerprint density at radius 2 is 1.75 bits per heavy atom. The van der Waals surface area contributed by atoms with Crippen molar-refractivity contribution in [2.75, 3.05) is 18.0 Å². The van der Waals surface area contributed by atoms with Crippen LogP contribution in [0.3, 0.4) is 0 Å². The van der Waals surface area contributed by atoms with E-state index in [1.54, 1.807) is 12.1 Å². The Hall–Kier alpha value is -2.57. The lowest BCUT2D eigenvalue weighted by atomic mass is 10.1. The molecule has 0 radical (unpaired) electrons. The number of halogens is 2. The minimum Gasteiger partial charge on any atom is -0.355 e. The normalized spacial score (nSPS) is 14.5. The van der Waals surface area contributed by atoms with E-state index in [4.69, 9.17) is 0 Å². The number of benzene rings is 1. The molecule has 5 nitrogen and oxygen atoms in total. The van der Waals surface area contributed by atoms with Crippen LogP contribution in [0.1, 0.15) is 35.3 Å². The largest absolute Gasteiger partial charge is 0.355 e. The van der Waals surface area contributed by atoms with Crippen LogP contribution in [-0.4, -0.2) is 29.2 Å². The second-order valence-electron chi connectivity index (χ2n) is 5.71. The molecule has 1 amide bonds. The third-order valence-corrected chi connectivity index (χ3v) is 4.05. The fraction of sp³-hybridized carbons (Fsp3) is 0.353. The molecule has 1 aromatic heterocycles. The highest BCUT2D eigenvalue weighted by Crippen LogP contribution is 2.16. The summed E-state index contributed by atoms with van der Waals surface area (Å²) in [6.45, 7) is 1.63. The summed E-state index contributed by atoms with van der Waals surface area (Å²) in [6, 6.07) is 6.90. The molecule has 0 spiro atoms. The number of hydrogen-bond acceptors (Lipinski definition) is 4. The lowest BCUT2D eigenvalue weighted by Gasteiger charge is -2.27. The molecule has 1 aliphatic rings. The van der Waals surface area contributed by atoms with E-state index in [-0.39, 0.29) is 17.8 Å². The SMILES string of the molecule is O=C(NCc1c(F)cccc1F)c1ccc(N2CCCCC2)nn1. The molecule has 0 atom stereocenters. The summed E-state index contributed by atoms with van der Waals surface area (Å²) in [6.07, 6.45) is 3.47. The lowest BCUT2D eigenvalue weighted by Crippen LogP contribution is -2.31. The molecule has 126 valence electrons. The molecule has 24 heavy (non-hydrogen) atoms. The van der Waals surface area contributed by atoms with Crippen LogP contribution in [0.4, 0.5) is 14.6 Å². The van der Waals surface area contributed by atoms with Crippen LogP contribution < -0.4 is 10.2 Å². The van der Waals surface area contributed by atoms with Crippen LogP contribution in [0, 0.1) is 11.6 Å². The Kier molecular flexibility index (Phi) is 4.98. The van der Waals surface area contributed by atoms with Gasteiger partial charge in [0.2, 0.25) is 0 Å². The molecule has 1 N–H and O–H groups in total. The van der Waals surface area contributed by atoms with Gasteiger partial charge in [-0.05, 0) is 43.5 Å². The number of aromatic nitrogens is 2. The van der Waals surface area contributed by atoms with Gasteiger partial charge in [0.25, 0.3) is 5.91 Å². The smallest absolute Gasteiger partial charge is 0.272 e. The molecule has 7 heteroatoms. The van der Waals surface area contributed by atoms with Crippen LogP contribution >= 0.6 is 0 Å². The number of carbonyl (C=O) groups is 1. The zero-order valence-corrected chi connectivity index (χ0v) is 13.1. The number of piperidine rings is 1. The van der Waals surface area contributed by atoms with Crippen LogP contribution in [0.15, 0.2) is 30.3 Å². The summed E-state index contributed by atoms with van der Waals surface area (Å²) in [5.41, 5.74) is -0.0590. The number of hydrogen-bond donors (Lipinski definition) is 1. The molecule has 2 aromatic rings. The van der Waals surface area contributed by atoms with Crippen molar-refractivity contribution in [1.82, 2.24) is 15.5 Å². The van der Waals surface area contributed by atoms with Gasteiger partial charge in [0.05, 0.1) is 0 Å². The van der Waals surface area contributed by atoms with Crippen LogP contribution in [0.25, 0.3) is 0 Å². The Bertz CT molecular complexity index is 695. The van der Waals surface area contributed by atoms with Crippen molar-refractivity contribution in [1.29, 1.82) is 0 Å². The third kappa shape index (κ3) is 3.67. The first-order chi connectivity index (χ1) is 11.6. The predicted octanol–water partition coefficient (Wildman–Crippen LogP) is 2.68. The highest BCUT2D eigenvalue weighted by molar-refractivity contribution is 5.92. The Morgan fingerprint density at radius 3 is 2.38 bits per heavy atom. The standard InChI is InChI=1S/C17H18F2N4O/c18-13-5-4-6-14(19)12(13)11-20-17(24)15-7-8-16(22-21-15)23-9-2-1-3-10-23/h4-8H,1-3,9-11H2,(H,20,24). The first-order valence-electron chi connectivity index (χ1n) is 7.95. The topological polar surface area (TPSA) is 58.1 Å². The number of nitrogens with one attached hydrogen (secondary N) is 1. The Labute approximate surface area is 138 Å². The van der Waals surface area contributed by atoms with E-state index in [2.05, 4.69) is 20.4 Å². The molecular formula is C17H18F2N4O. The van der Waals surface area contributed by atoms with Crippen molar-refractivity contribution in [3.63, 3.8) is 0 Å². The molecule has 1 aromatic carbocycles. The second-order valence-corrected chi connectivity index (χ2v) is 5.71. The van der Waals surface area contributed by atoms with E-state index in [9.17, 15) is 13.6 Å². The van der Waals surface area contributed by atoms with Crippen LogP contribution in [-0.2, 0) is 6.54 Å². The Balaban J connectivity index is 1.63. The van der Waals surface area contributed by atoms with Gasteiger partial charge < -0.3 is 10.2 Å². The van der Waals surface area contributed by atoms with Crippen molar-refractivity contribution in [2.24, 2.45) is 0 Å². The molecule has 0 saturated carbocycles. The van der Waals surface area contributed by atoms with Crippen molar-refractivity contribution >= 4 is 11.7 Å². The number of amides is 1. The average molecular weight is 332 g/mol. The van der Waals surface area contributed by atoms with Gasteiger partial charge in [-0.25, -0.2) is 8.78 Å². The van der Waals surface area contributed by atoms with Gasteiger partial charge in [0, 0.05) is 25.2 Å². The van der Waals surface area contributed by atoms with Gasteiger partial charge in [-0.3, -0.25) is 4.79 Å². The fourth-order valence-corrected chi connectivity index (χ4v) is 2.70. The predicted molar refractivity (Wildman–Crippen MR) is 85.6 cm³/mol. The van der Waals surface area contributed by atoms with E-state index in [1.165, 1.54) is 12.5 Å². The van der Waals surface area contributed by atoms with Gasteiger partial charge in [-0.15, -0.1) is 10.2 Å². The molecular weight excluding hydrogens is 314 g/mol. The highest BCUT2D eigenvalue weighted by atomic mass is 19.1. The zero-order chi connectivity index (χ0) is 16.9. The van der Waals surface area contributed by atoms with Gasteiger partial charge in [0.15, 0.2) is 11.5 Å². The molecule has 1 fully saturated rings. The van der Waals surface area contributed by atoms with Crippen LogP contribution in [0.2, 0.25) is 0 Å². The van der Waals surface area contributed by atoms with Crippen molar-refractivity contribution in [3.05, 3.63) is 53.2 Å². The first-order valence-corrected chi connectivity index (χ1v) is 7.95. The quantitative estimate of drug-likeness (QED) is 0.935. The number of rotatable bonds is 4. The minimum absolute atomic E-state index is 0.118. The first kappa shape index (κ1) is 16.3. The maximum Gasteiger partial charge on any atom is 0.272 e. The molecule has 1 aliphatic heterocycles. The average Bonchev–Trinajstić information content (AvgIpc) is 2.62. The van der Waals surface area contributed by atoms with Gasteiger partial charge >= 0.3 is 0 Å². The highest BCUT2D eigenvalue weighted by Gasteiger charge is 2.15. The van der Waals surface area contributed by atoms with Crippen molar-refractivity contribution in [3.8, 4) is 0 Å². The van der Waals surface area contributed by atoms with E-state index >= 15 is 0 Å². The summed E-state index contributed by atoms with van der Waals surface area (Å²) in [4.78, 5) is 14.2. The second kappa shape index (κ2) is 7.33. The summed E-state index contributed by atoms with van der Waals surface area (Å²) < 4.78 is 27.1. The number of carbonyl (C=O) groups excluding carboxylic acids is 1. The summed E-state index contributed by atoms with van der Waals surface area (Å²) >= 11 is 0. The molecule has 0 unspecified atom stereocenters. The Morgan fingerprint density at radius 1 is 1.04 bits per heavy atom. The zero-order valence-electron chi connectivity index (χ0n) is 13.1. The summed E-state index contributed by atoms with van der Waals surface area (Å²) in [5.74, 6) is -1.16. The van der Waals surface area contributed by atoms with Gasteiger partial charge in [-0.2, -0.15) is 0 Å². The monoisotopic (exact) mass is 332 g/mol.